The minimum Gasteiger partial charge on any atom is -0.192 e. The molecule has 0 radical (unpaired) electrons. The maximum Gasteiger partial charge on any atom is 0.0998 e. The van der Waals surface area contributed by atoms with E-state index in [0.29, 0.717) is 11.1 Å². The van der Waals surface area contributed by atoms with Crippen molar-refractivity contribution < 1.29 is 0 Å². The van der Waals surface area contributed by atoms with Gasteiger partial charge in [-0.2, -0.15) is 10.5 Å². The molecule has 0 unspecified atom stereocenters. The highest BCUT2D eigenvalue weighted by Crippen LogP contribution is 2.42. The fourth-order valence-electron chi connectivity index (χ4n) is 7.71. The van der Waals surface area contributed by atoms with Crippen molar-refractivity contribution in [3.05, 3.63) is 181 Å². The molecular formula is C50H28N2S2. The van der Waals surface area contributed by atoms with Crippen LogP contribution in [0.3, 0.4) is 0 Å². The van der Waals surface area contributed by atoms with Crippen LogP contribution in [0.1, 0.15) is 11.1 Å². The molecule has 4 heteroatoms. The van der Waals surface area contributed by atoms with Gasteiger partial charge in [-0.3, -0.25) is 0 Å². The number of fused-ring (bicyclic) bond motifs is 6. The SMILES string of the molecule is N#Cc1ccccc1-c1cc(-c2cc(-c3ccc4c(c3)sc3ccccc34)cc(-c3ccc4sc5ccccc5c4c3)c2)cc(-c2ccccc2C#N)c1. The lowest BCUT2D eigenvalue weighted by atomic mass is 9.88. The van der Waals surface area contributed by atoms with Crippen molar-refractivity contribution in [1.29, 1.82) is 10.5 Å². The molecule has 2 heterocycles. The first-order valence-electron chi connectivity index (χ1n) is 17.8. The summed E-state index contributed by atoms with van der Waals surface area (Å²) in [5.74, 6) is 0. The van der Waals surface area contributed by atoms with Gasteiger partial charge in [0.1, 0.15) is 0 Å². The van der Waals surface area contributed by atoms with E-state index in [4.69, 9.17) is 0 Å². The molecule has 8 aromatic carbocycles. The average molecular weight is 721 g/mol. The minimum absolute atomic E-state index is 0.608. The maximum absolute atomic E-state index is 10.1. The highest BCUT2D eigenvalue weighted by molar-refractivity contribution is 7.26. The third kappa shape index (κ3) is 5.45. The van der Waals surface area contributed by atoms with Gasteiger partial charge in [0.2, 0.25) is 0 Å². The number of nitriles is 2. The predicted octanol–water partition coefficient (Wildman–Crippen LogP) is 14.5. The molecule has 0 aliphatic carbocycles. The van der Waals surface area contributed by atoms with Gasteiger partial charge in [-0.15, -0.1) is 22.7 Å². The van der Waals surface area contributed by atoms with Crippen molar-refractivity contribution in [2.45, 2.75) is 0 Å². The largest absolute Gasteiger partial charge is 0.192 e. The Morgan fingerprint density at radius 3 is 1.31 bits per heavy atom. The van der Waals surface area contributed by atoms with Crippen LogP contribution in [-0.2, 0) is 0 Å². The lowest BCUT2D eigenvalue weighted by molar-refractivity contribution is 1.47. The third-order valence-electron chi connectivity index (χ3n) is 10.3. The Hall–Kier alpha value is -6.82. The second-order valence-electron chi connectivity index (χ2n) is 13.5. The molecule has 10 rings (SSSR count). The van der Waals surface area contributed by atoms with Crippen LogP contribution in [0.25, 0.3) is 96.0 Å². The summed E-state index contributed by atoms with van der Waals surface area (Å²) in [7, 11) is 0. The number of hydrogen-bond donors (Lipinski definition) is 0. The molecule has 0 atom stereocenters. The van der Waals surface area contributed by atoms with E-state index >= 15 is 0 Å². The van der Waals surface area contributed by atoms with E-state index in [9.17, 15) is 10.5 Å². The molecule has 0 saturated carbocycles. The Labute approximate surface area is 320 Å². The first kappa shape index (κ1) is 31.9. The topological polar surface area (TPSA) is 47.6 Å². The summed E-state index contributed by atoms with van der Waals surface area (Å²) in [5, 5.41) is 25.3. The summed E-state index contributed by atoms with van der Waals surface area (Å²) < 4.78 is 5.11. The van der Waals surface area contributed by atoms with E-state index in [1.807, 2.05) is 71.2 Å². The molecule has 250 valence electrons. The maximum atomic E-state index is 10.1. The molecule has 54 heavy (non-hydrogen) atoms. The number of rotatable bonds is 5. The second kappa shape index (κ2) is 13.0. The summed E-state index contributed by atoms with van der Waals surface area (Å²) in [6.45, 7) is 0. The fourth-order valence-corrected chi connectivity index (χ4v) is 9.94. The lowest BCUT2D eigenvalue weighted by Gasteiger charge is -2.15. The quantitative estimate of drug-likeness (QED) is 0.178. The van der Waals surface area contributed by atoms with Gasteiger partial charge in [0.05, 0.1) is 23.3 Å². The summed E-state index contributed by atoms with van der Waals surface area (Å²) in [6.07, 6.45) is 0. The minimum atomic E-state index is 0.608. The zero-order valence-corrected chi connectivity index (χ0v) is 30.5. The Morgan fingerprint density at radius 1 is 0.296 bits per heavy atom. The molecule has 2 nitrogen and oxygen atoms in total. The Kier molecular flexibility index (Phi) is 7.67. The van der Waals surface area contributed by atoms with E-state index in [1.165, 1.54) is 40.3 Å². The highest BCUT2D eigenvalue weighted by atomic mass is 32.1. The summed E-state index contributed by atoms with van der Waals surface area (Å²) in [6, 6.07) is 64.5. The molecule has 0 saturated heterocycles. The monoisotopic (exact) mass is 720 g/mol. The number of nitrogens with zero attached hydrogens (tertiary/aromatic N) is 2. The molecule has 0 bridgehead atoms. The zero-order valence-electron chi connectivity index (χ0n) is 28.9. The van der Waals surface area contributed by atoms with Crippen molar-refractivity contribution in [1.82, 2.24) is 0 Å². The van der Waals surface area contributed by atoms with Gasteiger partial charge in [-0.1, -0.05) is 91.0 Å². The number of hydrogen-bond acceptors (Lipinski definition) is 4. The number of benzene rings is 8. The first-order chi connectivity index (χ1) is 26.6. The smallest absolute Gasteiger partial charge is 0.0998 e. The zero-order chi connectivity index (χ0) is 36.2. The van der Waals surface area contributed by atoms with E-state index in [0.717, 1.165) is 55.6 Å². The molecule has 0 N–H and O–H groups in total. The summed E-state index contributed by atoms with van der Waals surface area (Å²) >= 11 is 3.66. The normalized spacial score (nSPS) is 11.3. The Morgan fingerprint density at radius 2 is 0.704 bits per heavy atom. The lowest BCUT2D eigenvalue weighted by Crippen LogP contribution is -1.91. The molecule has 0 aliphatic heterocycles. The predicted molar refractivity (Wildman–Crippen MR) is 229 cm³/mol. The van der Waals surface area contributed by atoms with E-state index in [2.05, 4.69) is 133 Å². The molecule has 2 aromatic heterocycles. The van der Waals surface area contributed by atoms with Crippen molar-refractivity contribution in [2.24, 2.45) is 0 Å². The fraction of sp³-hybridized carbons (Fsp3) is 0. The molecule has 0 amide bonds. The van der Waals surface area contributed by atoms with Gasteiger partial charge in [0.25, 0.3) is 0 Å². The van der Waals surface area contributed by atoms with Crippen LogP contribution >= 0.6 is 22.7 Å². The van der Waals surface area contributed by atoms with Crippen LogP contribution in [-0.4, -0.2) is 0 Å². The first-order valence-corrected chi connectivity index (χ1v) is 19.4. The molecular weight excluding hydrogens is 693 g/mol. The van der Waals surface area contributed by atoms with Crippen LogP contribution in [0.2, 0.25) is 0 Å². The van der Waals surface area contributed by atoms with Gasteiger partial charge < -0.3 is 0 Å². The van der Waals surface area contributed by atoms with Crippen LogP contribution in [0, 0.1) is 22.7 Å². The molecule has 0 fully saturated rings. The van der Waals surface area contributed by atoms with Crippen LogP contribution < -0.4 is 0 Å². The van der Waals surface area contributed by atoms with Crippen molar-refractivity contribution in [2.75, 3.05) is 0 Å². The number of thiophene rings is 2. The van der Waals surface area contributed by atoms with Crippen molar-refractivity contribution in [3.63, 3.8) is 0 Å². The highest BCUT2D eigenvalue weighted by Gasteiger charge is 2.16. The molecule has 0 aliphatic rings. The standard InChI is InChI=1S/C50H28N2S2/c51-29-33-9-1-3-11-41(33)39-24-38(25-40(26-39)42-12-4-2-10-34(42)30-52)37-22-35(31-18-20-49-46(27-31)44-14-6-8-16-48(44)53-49)21-36(23-37)32-17-19-45-43-13-5-7-15-47(43)54-50(45)28-32/h1-28H. The van der Waals surface area contributed by atoms with Gasteiger partial charge in [0, 0.05) is 40.3 Å². The van der Waals surface area contributed by atoms with Crippen LogP contribution in [0.5, 0.6) is 0 Å². The van der Waals surface area contributed by atoms with Crippen molar-refractivity contribution in [3.8, 4) is 67.8 Å². The van der Waals surface area contributed by atoms with Crippen molar-refractivity contribution >= 4 is 63.0 Å². The summed E-state index contributed by atoms with van der Waals surface area (Å²) in [4.78, 5) is 0. The average Bonchev–Trinajstić information content (AvgIpc) is 3.81. The van der Waals surface area contributed by atoms with E-state index in [-0.39, 0.29) is 0 Å². The second-order valence-corrected chi connectivity index (χ2v) is 15.7. The van der Waals surface area contributed by atoms with Gasteiger partial charge in [0.15, 0.2) is 0 Å². The van der Waals surface area contributed by atoms with E-state index in [1.54, 1.807) is 0 Å². The summed E-state index contributed by atoms with van der Waals surface area (Å²) in [5.41, 5.74) is 11.4. The van der Waals surface area contributed by atoms with Gasteiger partial charge in [-0.25, -0.2) is 0 Å². The van der Waals surface area contributed by atoms with Crippen LogP contribution in [0.4, 0.5) is 0 Å². The Balaban J connectivity index is 1.23. The van der Waals surface area contributed by atoms with Gasteiger partial charge in [-0.05, 0) is 134 Å². The van der Waals surface area contributed by atoms with Crippen LogP contribution in [0.15, 0.2) is 170 Å². The molecule has 0 spiro atoms. The Bertz CT molecular complexity index is 3130. The van der Waals surface area contributed by atoms with E-state index < -0.39 is 0 Å². The molecule has 10 aromatic rings. The van der Waals surface area contributed by atoms with Gasteiger partial charge >= 0.3 is 0 Å². The third-order valence-corrected chi connectivity index (χ3v) is 12.6.